The van der Waals surface area contributed by atoms with E-state index >= 15 is 0 Å². The van der Waals surface area contributed by atoms with Crippen molar-refractivity contribution in [2.75, 3.05) is 13.1 Å². The fraction of sp³-hybridized carbons (Fsp3) is 0.263. The Hall–Kier alpha value is -2.82. The summed E-state index contributed by atoms with van der Waals surface area (Å²) in [5.41, 5.74) is 1.14. The molecule has 124 valence electrons. The number of piperidine rings is 1. The van der Waals surface area contributed by atoms with E-state index in [9.17, 15) is 14.7 Å². The third-order valence-corrected chi connectivity index (χ3v) is 4.25. The minimum atomic E-state index is -0.0845. The van der Waals surface area contributed by atoms with Crippen LogP contribution in [0.15, 0.2) is 54.6 Å². The number of nitrogens with one attached hydrogen (secondary N) is 1. The summed E-state index contributed by atoms with van der Waals surface area (Å²) in [7, 11) is 0. The van der Waals surface area contributed by atoms with Gasteiger partial charge in [0.05, 0.1) is 0 Å². The first-order valence-corrected chi connectivity index (χ1v) is 8.08. The molecular weight excluding hydrogens is 304 g/mol. The average Bonchev–Trinajstić information content (AvgIpc) is 2.62. The van der Waals surface area contributed by atoms with E-state index < -0.39 is 0 Å². The largest absolute Gasteiger partial charge is 0.508 e. The van der Waals surface area contributed by atoms with Gasteiger partial charge in [0.2, 0.25) is 0 Å². The summed E-state index contributed by atoms with van der Waals surface area (Å²) in [6.07, 6.45) is 1.45. The van der Waals surface area contributed by atoms with Crippen molar-refractivity contribution >= 4 is 11.8 Å². The maximum absolute atomic E-state index is 12.4. The van der Waals surface area contributed by atoms with Gasteiger partial charge in [-0.3, -0.25) is 9.59 Å². The van der Waals surface area contributed by atoms with Gasteiger partial charge in [0, 0.05) is 30.3 Å². The number of nitrogens with zero attached hydrogens (tertiary/aromatic N) is 1. The van der Waals surface area contributed by atoms with Crippen molar-refractivity contribution in [3.05, 3.63) is 65.7 Å². The zero-order valence-electron chi connectivity index (χ0n) is 13.3. The molecule has 0 unspecified atom stereocenters. The zero-order valence-corrected chi connectivity index (χ0v) is 13.3. The summed E-state index contributed by atoms with van der Waals surface area (Å²) >= 11 is 0. The molecule has 3 rings (SSSR count). The molecule has 2 amide bonds. The molecular formula is C19H20N2O3. The standard InChI is InChI=1S/C19H20N2O3/c22-17-8-4-7-15(13-17)19(24)21-11-9-16(10-12-21)20-18(23)14-5-2-1-3-6-14/h1-8,13,16,22H,9-12H2,(H,20,23). The van der Waals surface area contributed by atoms with Crippen molar-refractivity contribution in [2.45, 2.75) is 18.9 Å². The lowest BCUT2D eigenvalue weighted by molar-refractivity contribution is 0.0697. The number of benzene rings is 2. The maximum Gasteiger partial charge on any atom is 0.253 e. The van der Waals surface area contributed by atoms with Crippen LogP contribution in [0.4, 0.5) is 0 Å². The van der Waals surface area contributed by atoms with E-state index in [1.54, 1.807) is 35.2 Å². The van der Waals surface area contributed by atoms with E-state index in [1.807, 2.05) is 18.2 Å². The molecule has 0 saturated carbocycles. The molecule has 2 aromatic carbocycles. The van der Waals surface area contributed by atoms with Crippen molar-refractivity contribution in [1.29, 1.82) is 0 Å². The van der Waals surface area contributed by atoms with Crippen molar-refractivity contribution < 1.29 is 14.7 Å². The molecule has 2 aromatic rings. The molecule has 1 aliphatic rings. The van der Waals surface area contributed by atoms with Crippen LogP contribution < -0.4 is 5.32 Å². The number of hydrogen-bond acceptors (Lipinski definition) is 3. The lowest BCUT2D eigenvalue weighted by atomic mass is 10.0. The Bertz CT molecular complexity index is 722. The number of aromatic hydroxyl groups is 1. The Morgan fingerprint density at radius 1 is 0.958 bits per heavy atom. The Morgan fingerprint density at radius 2 is 1.62 bits per heavy atom. The van der Waals surface area contributed by atoms with Crippen LogP contribution in [-0.2, 0) is 0 Å². The van der Waals surface area contributed by atoms with Gasteiger partial charge >= 0.3 is 0 Å². The summed E-state index contributed by atoms with van der Waals surface area (Å²) < 4.78 is 0. The number of amides is 2. The Morgan fingerprint density at radius 3 is 2.29 bits per heavy atom. The highest BCUT2D eigenvalue weighted by Gasteiger charge is 2.24. The quantitative estimate of drug-likeness (QED) is 0.911. The predicted octanol–water partition coefficient (Wildman–Crippen LogP) is 2.43. The van der Waals surface area contributed by atoms with Crippen molar-refractivity contribution in [2.24, 2.45) is 0 Å². The van der Waals surface area contributed by atoms with E-state index in [1.165, 1.54) is 6.07 Å². The lowest BCUT2D eigenvalue weighted by Gasteiger charge is -2.32. The molecule has 5 heteroatoms. The third kappa shape index (κ3) is 3.74. The number of rotatable bonds is 3. The van der Waals surface area contributed by atoms with Crippen LogP contribution in [0.1, 0.15) is 33.6 Å². The van der Waals surface area contributed by atoms with Gasteiger partial charge in [-0.1, -0.05) is 24.3 Å². The second kappa shape index (κ2) is 7.17. The highest BCUT2D eigenvalue weighted by Crippen LogP contribution is 2.17. The smallest absolute Gasteiger partial charge is 0.253 e. The Balaban J connectivity index is 1.54. The van der Waals surface area contributed by atoms with E-state index in [-0.39, 0.29) is 23.6 Å². The van der Waals surface area contributed by atoms with Gasteiger partial charge in [0.25, 0.3) is 11.8 Å². The first-order valence-electron chi connectivity index (χ1n) is 8.08. The molecule has 0 bridgehead atoms. The summed E-state index contributed by atoms with van der Waals surface area (Å²) in [6.45, 7) is 1.18. The summed E-state index contributed by atoms with van der Waals surface area (Å²) in [6, 6.07) is 15.6. The summed E-state index contributed by atoms with van der Waals surface area (Å²) in [5, 5.41) is 12.5. The number of phenolic OH excluding ortho intramolecular Hbond substituents is 1. The van der Waals surface area contributed by atoms with Gasteiger partial charge in [0.15, 0.2) is 0 Å². The third-order valence-electron chi connectivity index (χ3n) is 4.25. The van der Waals surface area contributed by atoms with Gasteiger partial charge in [-0.05, 0) is 43.2 Å². The molecule has 0 spiro atoms. The van der Waals surface area contributed by atoms with Gasteiger partial charge < -0.3 is 15.3 Å². The first-order chi connectivity index (χ1) is 11.6. The summed E-state index contributed by atoms with van der Waals surface area (Å²) in [4.78, 5) is 26.4. The second-order valence-electron chi connectivity index (χ2n) is 5.96. The molecule has 0 aromatic heterocycles. The fourth-order valence-electron chi connectivity index (χ4n) is 2.91. The van der Waals surface area contributed by atoms with Crippen molar-refractivity contribution in [1.82, 2.24) is 10.2 Å². The van der Waals surface area contributed by atoms with Crippen LogP contribution in [0.5, 0.6) is 5.75 Å². The highest BCUT2D eigenvalue weighted by molar-refractivity contribution is 5.95. The number of carbonyl (C=O) groups is 2. The van der Waals surface area contributed by atoms with E-state index in [0.717, 1.165) is 12.8 Å². The molecule has 0 atom stereocenters. The number of phenols is 1. The SMILES string of the molecule is O=C(NC1CCN(C(=O)c2cccc(O)c2)CC1)c1ccccc1. The molecule has 1 heterocycles. The molecule has 1 fully saturated rings. The number of likely N-dealkylation sites (tertiary alicyclic amines) is 1. The topological polar surface area (TPSA) is 69.6 Å². The Kier molecular flexibility index (Phi) is 4.79. The number of carbonyl (C=O) groups excluding carboxylic acids is 2. The molecule has 1 aliphatic heterocycles. The highest BCUT2D eigenvalue weighted by atomic mass is 16.3. The van der Waals surface area contributed by atoms with Gasteiger partial charge in [-0.25, -0.2) is 0 Å². The van der Waals surface area contributed by atoms with Crippen LogP contribution >= 0.6 is 0 Å². The van der Waals surface area contributed by atoms with Crippen molar-refractivity contribution in [3.8, 4) is 5.75 Å². The fourth-order valence-corrected chi connectivity index (χ4v) is 2.91. The predicted molar refractivity (Wildman–Crippen MR) is 90.9 cm³/mol. The monoisotopic (exact) mass is 324 g/mol. The van der Waals surface area contributed by atoms with E-state index in [0.29, 0.717) is 24.2 Å². The molecule has 24 heavy (non-hydrogen) atoms. The summed E-state index contributed by atoms with van der Waals surface area (Å²) in [5.74, 6) is -0.0713. The normalized spacial score (nSPS) is 15.1. The van der Waals surface area contributed by atoms with Gasteiger partial charge in [-0.15, -0.1) is 0 Å². The maximum atomic E-state index is 12.4. The average molecular weight is 324 g/mol. The van der Waals surface area contributed by atoms with Crippen LogP contribution in [0.3, 0.4) is 0 Å². The molecule has 0 radical (unpaired) electrons. The molecule has 1 saturated heterocycles. The lowest BCUT2D eigenvalue weighted by Crippen LogP contribution is -2.46. The van der Waals surface area contributed by atoms with Crippen molar-refractivity contribution in [3.63, 3.8) is 0 Å². The van der Waals surface area contributed by atoms with Crippen LogP contribution in [0.25, 0.3) is 0 Å². The van der Waals surface area contributed by atoms with Crippen LogP contribution in [0, 0.1) is 0 Å². The zero-order chi connectivity index (χ0) is 16.9. The molecule has 5 nitrogen and oxygen atoms in total. The van der Waals surface area contributed by atoms with Gasteiger partial charge in [-0.2, -0.15) is 0 Å². The van der Waals surface area contributed by atoms with Crippen LogP contribution in [-0.4, -0.2) is 41.0 Å². The minimum Gasteiger partial charge on any atom is -0.508 e. The first kappa shape index (κ1) is 16.1. The van der Waals surface area contributed by atoms with E-state index in [4.69, 9.17) is 0 Å². The second-order valence-corrected chi connectivity index (χ2v) is 5.96. The van der Waals surface area contributed by atoms with Gasteiger partial charge in [0.1, 0.15) is 5.75 Å². The molecule has 2 N–H and O–H groups in total. The Labute approximate surface area is 140 Å². The molecule has 0 aliphatic carbocycles. The minimum absolute atomic E-state index is 0.0749. The number of hydrogen-bond donors (Lipinski definition) is 2. The van der Waals surface area contributed by atoms with Crippen LogP contribution in [0.2, 0.25) is 0 Å². The van der Waals surface area contributed by atoms with E-state index in [2.05, 4.69) is 5.32 Å².